The van der Waals surface area contributed by atoms with E-state index in [9.17, 15) is 4.79 Å². The number of aryl methyl sites for hydroxylation is 1. The van der Waals surface area contributed by atoms with Gasteiger partial charge in [-0.3, -0.25) is 4.79 Å². The SMILES string of the molecule is Cc1ccc(-c2noc(C3CCC(=O)N3Cc3cccc(Cl)c3)n2)cc1. The molecule has 3 aromatic rings. The number of carbonyl (C=O) groups is 1. The second-order valence-corrected chi connectivity index (χ2v) is 6.96. The number of aromatic nitrogens is 2. The van der Waals surface area contributed by atoms with E-state index >= 15 is 0 Å². The van der Waals surface area contributed by atoms with E-state index < -0.39 is 0 Å². The van der Waals surface area contributed by atoms with Crippen molar-refractivity contribution in [2.45, 2.75) is 32.4 Å². The van der Waals surface area contributed by atoms with Crippen molar-refractivity contribution >= 4 is 17.5 Å². The largest absolute Gasteiger partial charge is 0.337 e. The van der Waals surface area contributed by atoms with E-state index in [0.717, 1.165) is 11.1 Å². The summed E-state index contributed by atoms with van der Waals surface area (Å²) < 4.78 is 5.49. The molecular formula is C20H18ClN3O2. The fraction of sp³-hybridized carbons (Fsp3) is 0.250. The van der Waals surface area contributed by atoms with Crippen LogP contribution in [-0.2, 0) is 11.3 Å². The summed E-state index contributed by atoms with van der Waals surface area (Å²) in [5, 5.41) is 4.75. The number of hydrogen-bond donors (Lipinski definition) is 0. The van der Waals surface area contributed by atoms with Gasteiger partial charge in [-0.05, 0) is 31.0 Å². The van der Waals surface area contributed by atoms with Gasteiger partial charge in [0, 0.05) is 23.6 Å². The number of carbonyl (C=O) groups excluding carboxylic acids is 1. The van der Waals surface area contributed by atoms with Crippen molar-refractivity contribution < 1.29 is 9.32 Å². The van der Waals surface area contributed by atoms with Gasteiger partial charge >= 0.3 is 0 Å². The molecule has 0 spiro atoms. The summed E-state index contributed by atoms with van der Waals surface area (Å²) >= 11 is 6.06. The van der Waals surface area contributed by atoms with Crippen molar-refractivity contribution in [2.75, 3.05) is 0 Å². The molecule has 2 heterocycles. The second kappa shape index (κ2) is 6.92. The fourth-order valence-electron chi connectivity index (χ4n) is 3.21. The van der Waals surface area contributed by atoms with Gasteiger partial charge in [0.15, 0.2) is 0 Å². The van der Waals surface area contributed by atoms with Crippen LogP contribution in [-0.4, -0.2) is 20.9 Å². The normalized spacial score (nSPS) is 17.1. The van der Waals surface area contributed by atoms with Crippen molar-refractivity contribution in [1.29, 1.82) is 0 Å². The third-order valence-corrected chi connectivity index (χ3v) is 4.84. The van der Waals surface area contributed by atoms with Gasteiger partial charge < -0.3 is 9.42 Å². The summed E-state index contributed by atoms with van der Waals surface area (Å²) in [4.78, 5) is 18.7. The second-order valence-electron chi connectivity index (χ2n) is 6.53. The molecule has 0 bridgehead atoms. The van der Waals surface area contributed by atoms with E-state index in [1.807, 2.05) is 55.5 Å². The molecular weight excluding hydrogens is 350 g/mol. The Morgan fingerprint density at radius 1 is 1.23 bits per heavy atom. The average molecular weight is 368 g/mol. The first-order valence-corrected chi connectivity index (χ1v) is 8.92. The molecule has 1 aliphatic rings. The van der Waals surface area contributed by atoms with Crippen LogP contribution in [0.3, 0.4) is 0 Å². The van der Waals surface area contributed by atoms with Crippen molar-refractivity contribution in [1.82, 2.24) is 15.0 Å². The molecule has 1 fully saturated rings. The Morgan fingerprint density at radius 3 is 2.81 bits per heavy atom. The first kappa shape index (κ1) is 16.8. The molecule has 1 saturated heterocycles. The Balaban J connectivity index is 1.58. The molecule has 26 heavy (non-hydrogen) atoms. The van der Waals surface area contributed by atoms with Crippen LogP contribution in [0.4, 0.5) is 0 Å². The summed E-state index contributed by atoms with van der Waals surface area (Å²) in [6.45, 7) is 2.51. The standard InChI is InChI=1S/C20H18ClN3O2/c1-13-5-7-15(8-6-13)19-22-20(26-23-19)17-9-10-18(25)24(17)12-14-3-2-4-16(21)11-14/h2-8,11,17H,9-10,12H2,1H3. The Hall–Kier alpha value is -2.66. The van der Waals surface area contributed by atoms with Crippen molar-refractivity contribution in [3.05, 3.63) is 70.6 Å². The Morgan fingerprint density at radius 2 is 2.04 bits per heavy atom. The van der Waals surface area contributed by atoms with Crippen molar-refractivity contribution in [3.63, 3.8) is 0 Å². The Kier molecular flexibility index (Phi) is 4.47. The van der Waals surface area contributed by atoms with Crippen LogP contribution in [0.15, 0.2) is 53.1 Å². The van der Waals surface area contributed by atoms with Crippen LogP contribution in [0.25, 0.3) is 11.4 Å². The van der Waals surface area contributed by atoms with Gasteiger partial charge in [-0.15, -0.1) is 0 Å². The number of hydrogen-bond acceptors (Lipinski definition) is 4. The minimum Gasteiger partial charge on any atom is -0.337 e. The maximum absolute atomic E-state index is 12.4. The highest BCUT2D eigenvalue weighted by molar-refractivity contribution is 6.30. The number of benzene rings is 2. The zero-order chi connectivity index (χ0) is 18.1. The van der Waals surface area contributed by atoms with Crippen LogP contribution in [0.1, 0.15) is 35.9 Å². The third-order valence-electron chi connectivity index (χ3n) is 4.61. The fourth-order valence-corrected chi connectivity index (χ4v) is 3.42. The third kappa shape index (κ3) is 3.35. The van der Waals surface area contributed by atoms with Crippen LogP contribution < -0.4 is 0 Å². The molecule has 0 aliphatic carbocycles. The molecule has 1 amide bonds. The Bertz CT molecular complexity index is 936. The van der Waals surface area contributed by atoms with Crippen molar-refractivity contribution in [2.24, 2.45) is 0 Å². The summed E-state index contributed by atoms with van der Waals surface area (Å²) in [6.07, 6.45) is 1.16. The zero-order valence-electron chi connectivity index (χ0n) is 14.4. The quantitative estimate of drug-likeness (QED) is 0.678. The molecule has 0 radical (unpaired) electrons. The molecule has 1 aliphatic heterocycles. The van der Waals surface area contributed by atoms with Gasteiger partial charge in [-0.1, -0.05) is 58.7 Å². The highest BCUT2D eigenvalue weighted by Crippen LogP contribution is 2.34. The molecule has 2 aromatic carbocycles. The minimum atomic E-state index is -0.201. The molecule has 4 rings (SSSR count). The molecule has 1 unspecified atom stereocenters. The molecule has 0 N–H and O–H groups in total. The molecule has 0 saturated carbocycles. The number of rotatable bonds is 4. The molecule has 1 atom stereocenters. The monoisotopic (exact) mass is 367 g/mol. The van der Waals surface area contributed by atoms with E-state index in [1.54, 1.807) is 4.90 Å². The topological polar surface area (TPSA) is 59.2 Å². The van der Waals surface area contributed by atoms with E-state index in [2.05, 4.69) is 10.1 Å². The van der Waals surface area contributed by atoms with E-state index in [-0.39, 0.29) is 11.9 Å². The zero-order valence-corrected chi connectivity index (χ0v) is 15.1. The van der Waals surface area contributed by atoms with Gasteiger partial charge in [0.05, 0.1) is 0 Å². The van der Waals surface area contributed by atoms with Gasteiger partial charge in [0.1, 0.15) is 6.04 Å². The van der Waals surface area contributed by atoms with Gasteiger partial charge in [0.2, 0.25) is 17.6 Å². The highest BCUT2D eigenvalue weighted by atomic mass is 35.5. The van der Waals surface area contributed by atoms with Crippen LogP contribution in [0.5, 0.6) is 0 Å². The lowest BCUT2D eigenvalue weighted by atomic mass is 10.1. The summed E-state index contributed by atoms with van der Waals surface area (Å²) in [5.41, 5.74) is 3.05. The lowest BCUT2D eigenvalue weighted by Gasteiger charge is -2.22. The number of halogens is 1. The summed E-state index contributed by atoms with van der Waals surface area (Å²) in [5.74, 6) is 1.11. The Labute approximate surface area is 156 Å². The lowest BCUT2D eigenvalue weighted by molar-refractivity contribution is -0.129. The summed E-state index contributed by atoms with van der Waals surface area (Å²) in [7, 11) is 0. The minimum absolute atomic E-state index is 0.0880. The summed E-state index contributed by atoms with van der Waals surface area (Å²) in [6, 6.07) is 15.3. The van der Waals surface area contributed by atoms with Crippen LogP contribution in [0, 0.1) is 6.92 Å². The molecule has 5 nitrogen and oxygen atoms in total. The number of nitrogens with zero attached hydrogens (tertiary/aromatic N) is 3. The van der Waals surface area contributed by atoms with Crippen molar-refractivity contribution in [3.8, 4) is 11.4 Å². The maximum atomic E-state index is 12.4. The molecule has 1 aromatic heterocycles. The van der Waals surface area contributed by atoms with E-state index in [4.69, 9.17) is 16.1 Å². The van der Waals surface area contributed by atoms with Crippen LogP contribution in [0.2, 0.25) is 5.02 Å². The lowest BCUT2D eigenvalue weighted by Crippen LogP contribution is -2.27. The van der Waals surface area contributed by atoms with Gasteiger partial charge in [0.25, 0.3) is 0 Å². The van der Waals surface area contributed by atoms with Crippen LogP contribution >= 0.6 is 11.6 Å². The first-order chi connectivity index (χ1) is 12.6. The highest BCUT2D eigenvalue weighted by Gasteiger charge is 2.36. The van der Waals surface area contributed by atoms with E-state index in [0.29, 0.717) is 36.1 Å². The van der Waals surface area contributed by atoms with Gasteiger partial charge in [-0.25, -0.2) is 0 Å². The maximum Gasteiger partial charge on any atom is 0.249 e. The predicted octanol–water partition coefficient (Wildman–Crippen LogP) is 4.56. The molecule has 132 valence electrons. The number of likely N-dealkylation sites (tertiary alicyclic amines) is 1. The average Bonchev–Trinajstić information content (AvgIpc) is 3.24. The smallest absolute Gasteiger partial charge is 0.249 e. The van der Waals surface area contributed by atoms with Gasteiger partial charge in [-0.2, -0.15) is 4.98 Å². The number of amides is 1. The molecule has 6 heteroatoms. The van der Waals surface area contributed by atoms with E-state index in [1.165, 1.54) is 5.56 Å². The predicted molar refractivity (Wildman–Crippen MR) is 98.4 cm³/mol. The first-order valence-electron chi connectivity index (χ1n) is 8.55.